The molecule has 1 aliphatic rings. The highest BCUT2D eigenvalue weighted by Gasteiger charge is 2.38. The lowest BCUT2D eigenvalue weighted by molar-refractivity contribution is -0.242. The summed E-state index contributed by atoms with van der Waals surface area (Å²) in [5.41, 5.74) is 0. The van der Waals surface area contributed by atoms with Crippen molar-refractivity contribution in [2.75, 3.05) is 6.61 Å². The molecule has 1 aromatic rings. The molecule has 1 heterocycles. The second-order valence-electron chi connectivity index (χ2n) is 3.82. The molecule has 0 amide bonds. The number of aliphatic hydroxyl groups is 3. The third-order valence-corrected chi connectivity index (χ3v) is 2.77. The zero-order chi connectivity index (χ0) is 12.4. The van der Waals surface area contributed by atoms with Crippen molar-refractivity contribution in [1.82, 2.24) is 0 Å². The van der Waals surface area contributed by atoms with Crippen LogP contribution in [0.3, 0.4) is 0 Å². The van der Waals surface area contributed by atoms with Crippen LogP contribution in [0.5, 0.6) is 5.75 Å². The first-order valence-corrected chi connectivity index (χ1v) is 5.54. The summed E-state index contributed by atoms with van der Waals surface area (Å²) in [4.78, 5) is 0. The van der Waals surface area contributed by atoms with Crippen LogP contribution >= 0.6 is 11.6 Å². The average Bonchev–Trinajstić information content (AvgIpc) is 2.33. The molecule has 1 aromatic carbocycles. The number of rotatable bonds is 2. The Morgan fingerprint density at radius 1 is 1.12 bits per heavy atom. The SMILES string of the molecule is O[C@@H]1[C@@H](O)[C@@H](Oc2ccc(Cl)cc2)OC[C@H]1O. The van der Waals surface area contributed by atoms with Gasteiger partial charge in [-0.25, -0.2) is 0 Å². The van der Waals surface area contributed by atoms with Gasteiger partial charge in [0.2, 0.25) is 6.29 Å². The van der Waals surface area contributed by atoms with Crippen LogP contribution < -0.4 is 4.74 Å². The molecule has 0 aliphatic carbocycles. The van der Waals surface area contributed by atoms with Gasteiger partial charge in [-0.2, -0.15) is 0 Å². The van der Waals surface area contributed by atoms with Crippen LogP contribution in [-0.2, 0) is 4.74 Å². The lowest BCUT2D eigenvalue weighted by Crippen LogP contribution is -2.54. The molecule has 5 nitrogen and oxygen atoms in total. The normalized spacial score (nSPS) is 33.4. The largest absolute Gasteiger partial charge is 0.462 e. The summed E-state index contributed by atoms with van der Waals surface area (Å²) in [6.07, 6.45) is -4.68. The zero-order valence-corrected chi connectivity index (χ0v) is 9.62. The second kappa shape index (κ2) is 5.20. The number of hydrogen-bond acceptors (Lipinski definition) is 5. The number of ether oxygens (including phenoxy) is 2. The van der Waals surface area contributed by atoms with Gasteiger partial charge in [-0.15, -0.1) is 0 Å². The van der Waals surface area contributed by atoms with Gasteiger partial charge in [0.25, 0.3) is 0 Å². The van der Waals surface area contributed by atoms with Crippen LogP contribution in [0.4, 0.5) is 0 Å². The van der Waals surface area contributed by atoms with Crippen molar-refractivity contribution >= 4 is 11.6 Å². The van der Waals surface area contributed by atoms with Crippen LogP contribution in [0.25, 0.3) is 0 Å². The first kappa shape index (κ1) is 12.6. The molecular formula is C11H13ClO5. The minimum Gasteiger partial charge on any atom is -0.462 e. The van der Waals surface area contributed by atoms with E-state index >= 15 is 0 Å². The molecular weight excluding hydrogens is 248 g/mol. The van der Waals surface area contributed by atoms with Gasteiger partial charge in [-0.1, -0.05) is 11.6 Å². The Kier molecular flexibility index (Phi) is 3.86. The van der Waals surface area contributed by atoms with E-state index in [-0.39, 0.29) is 6.61 Å². The van der Waals surface area contributed by atoms with Gasteiger partial charge < -0.3 is 24.8 Å². The zero-order valence-electron chi connectivity index (χ0n) is 8.86. The van der Waals surface area contributed by atoms with E-state index in [2.05, 4.69) is 0 Å². The maximum Gasteiger partial charge on any atom is 0.228 e. The van der Waals surface area contributed by atoms with Crippen molar-refractivity contribution in [3.63, 3.8) is 0 Å². The fourth-order valence-electron chi connectivity index (χ4n) is 1.53. The Morgan fingerprint density at radius 2 is 1.76 bits per heavy atom. The van der Waals surface area contributed by atoms with Crippen molar-refractivity contribution in [2.45, 2.75) is 24.6 Å². The molecule has 94 valence electrons. The highest BCUT2D eigenvalue weighted by atomic mass is 35.5. The highest BCUT2D eigenvalue weighted by Crippen LogP contribution is 2.21. The fraction of sp³-hybridized carbons (Fsp3) is 0.455. The molecule has 3 N–H and O–H groups in total. The van der Waals surface area contributed by atoms with Gasteiger partial charge >= 0.3 is 0 Å². The average molecular weight is 261 g/mol. The van der Waals surface area contributed by atoms with E-state index in [0.717, 1.165) is 0 Å². The molecule has 0 unspecified atom stereocenters. The predicted octanol–water partition coefficient (Wildman–Crippen LogP) is 0.158. The number of benzene rings is 1. The smallest absolute Gasteiger partial charge is 0.228 e. The summed E-state index contributed by atoms with van der Waals surface area (Å²) < 4.78 is 10.4. The topological polar surface area (TPSA) is 79.2 Å². The van der Waals surface area contributed by atoms with Crippen LogP contribution in [0, 0.1) is 0 Å². The summed E-state index contributed by atoms with van der Waals surface area (Å²) in [5, 5.41) is 28.9. The fourth-order valence-corrected chi connectivity index (χ4v) is 1.66. The van der Waals surface area contributed by atoms with Crippen molar-refractivity contribution < 1.29 is 24.8 Å². The lowest BCUT2D eigenvalue weighted by Gasteiger charge is -2.34. The van der Waals surface area contributed by atoms with E-state index in [0.29, 0.717) is 10.8 Å². The van der Waals surface area contributed by atoms with Crippen molar-refractivity contribution in [1.29, 1.82) is 0 Å². The molecule has 0 saturated carbocycles. The van der Waals surface area contributed by atoms with E-state index < -0.39 is 24.6 Å². The molecule has 0 bridgehead atoms. The van der Waals surface area contributed by atoms with E-state index in [1.807, 2.05) is 0 Å². The molecule has 0 radical (unpaired) electrons. The first-order valence-electron chi connectivity index (χ1n) is 5.16. The maximum atomic E-state index is 9.64. The van der Waals surface area contributed by atoms with E-state index in [4.69, 9.17) is 21.1 Å². The second-order valence-corrected chi connectivity index (χ2v) is 4.26. The number of halogens is 1. The molecule has 1 fully saturated rings. The van der Waals surface area contributed by atoms with Gasteiger partial charge in [-0.3, -0.25) is 0 Å². The summed E-state index contributed by atoms with van der Waals surface area (Å²) in [7, 11) is 0. The summed E-state index contributed by atoms with van der Waals surface area (Å²) in [6, 6.07) is 6.51. The molecule has 4 atom stereocenters. The van der Waals surface area contributed by atoms with Gasteiger partial charge in [0, 0.05) is 5.02 Å². The van der Waals surface area contributed by atoms with E-state index in [9.17, 15) is 15.3 Å². The van der Waals surface area contributed by atoms with Crippen LogP contribution in [-0.4, -0.2) is 46.5 Å². The van der Waals surface area contributed by atoms with Gasteiger partial charge in [0.15, 0.2) is 0 Å². The van der Waals surface area contributed by atoms with Crippen LogP contribution in [0.2, 0.25) is 5.02 Å². The van der Waals surface area contributed by atoms with Crippen molar-refractivity contribution in [3.05, 3.63) is 29.3 Å². The monoisotopic (exact) mass is 260 g/mol. The van der Waals surface area contributed by atoms with Crippen LogP contribution in [0.1, 0.15) is 0 Å². The Labute approximate surface area is 103 Å². The van der Waals surface area contributed by atoms with Crippen molar-refractivity contribution in [3.8, 4) is 5.75 Å². The van der Waals surface area contributed by atoms with E-state index in [1.54, 1.807) is 24.3 Å². The minimum absolute atomic E-state index is 0.0868. The minimum atomic E-state index is -1.30. The summed E-state index contributed by atoms with van der Waals surface area (Å²) in [6.45, 7) is -0.0868. The maximum absolute atomic E-state index is 9.64. The lowest BCUT2D eigenvalue weighted by atomic mass is 10.1. The predicted molar refractivity (Wildman–Crippen MR) is 59.8 cm³/mol. The quantitative estimate of drug-likeness (QED) is 0.706. The van der Waals surface area contributed by atoms with Crippen molar-refractivity contribution in [2.24, 2.45) is 0 Å². The molecule has 1 saturated heterocycles. The summed E-state index contributed by atoms with van der Waals surface area (Å²) >= 11 is 5.72. The Bertz CT molecular complexity index is 369. The van der Waals surface area contributed by atoms with Crippen LogP contribution in [0.15, 0.2) is 24.3 Å². The summed E-state index contributed by atoms with van der Waals surface area (Å²) in [5.74, 6) is 0.460. The Balaban J connectivity index is 2.01. The third kappa shape index (κ3) is 2.88. The Morgan fingerprint density at radius 3 is 2.41 bits per heavy atom. The van der Waals surface area contributed by atoms with Gasteiger partial charge in [-0.05, 0) is 24.3 Å². The molecule has 17 heavy (non-hydrogen) atoms. The van der Waals surface area contributed by atoms with Gasteiger partial charge in [0.05, 0.1) is 6.61 Å². The first-order chi connectivity index (χ1) is 8.08. The molecule has 1 aliphatic heterocycles. The Hall–Kier alpha value is -0.850. The standard InChI is InChI=1S/C11H13ClO5/c12-6-1-3-7(4-2-6)17-11-10(15)9(14)8(13)5-16-11/h1-4,8-11,13-15H,5H2/t8-,9+,10-,11-/m1/s1. The highest BCUT2D eigenvalue weighted by molar-refractivity contribution is 6.30. The van der Waals surface area contributed by atoms with Gasteiger partial charge in [0.1, 0.15) is 24.1 Å². The number of aliphatic hydroxyl groups excluding tert-OH is 3. The van der Waals surface area contributed by atoms with E-state index in [1.165, 1.54) is 0 Å². The molecule has 0 spiro atoms. The molecule has 2 rings (SSSR count). The third-order valence-electron chi connectivity index (χ3n) is 2.52. The molecule has 6 heteroatoms. The molecule has 0 aromatic heterocycles. The number of hydrogen-bond donors (Lipinski definition) is 3.